The van der Waals surface area contributed by atoms with Gasteiger partial charge in [-0.1, -0.05) is 24.3 Å². The highest BCUT2D eigenvalue weighted by molar-refractivity contribution is 5.78. The summed E-state index contributed by atoms with van der Waals surface area (Å²) >= 11 is 0. The monoisotopic (exact) mass is 277 g/mol. The third-order valence-electron chi connectivity index (χ3n) is 2.87. The van der Waals surface area contributed by atoms with Gasteiger partial charge in [0.25, 0.3) is 0 Å². The molecule has 0 spiro atoms. The first-order valence-electron chi connectivity index (χ1n) is 6.04. The van der Waals surface area contributed by atoms with Gasteiger partial charge in [0.05, 0.1) is 6.42 Å². The number of nitrogens with one attached hydrogen (secondary N) is 1. The number of hydrogen-bond acceptors (Lipinski definition) is 2. The average Bonchev–Trinajstić information content (AvgIpc) is 2.42. The van der Waals surface area contributed by atoms with E-state index in [0.29, 0.717) is 5.56 Å². The Morgan fingerprint density at radius 2 is 1.70 bits per heavy atom. The first-order valence-corrected chi connectivity index (χ1v) is 6.04. The van der Waals surface area contributed by atoms with Crippen LogP contribution < -0.4 is 5.32 Å². The van der Waals surface area contributed by atoms with Gasteiger partial charge >= 0.3 is 0 Å². The van der Waals surface area contributed by atoms with E-state index in [9.17, 15) is 18.7 Å². The molecule has 20 heavy (non-hydrogen) atoms. The van der Waals surface area contributed by atoms with Gasteiger partial charge in [-0.25, -0.2) is 8.78 Å². The second-order valence-electron chi connectivity index (χ2n) is 4.28. The van der Waals surface area contributed by atoms with Crippen molar-refractivity contribution in [3.8, 4) is 5.75 Å². The molecular weight excluding hydrogens is 264 g/mol. The molecule has 2 N–H and O–H groups in total. The summed E-state index contributed by atoms with van der Waals surface area (Å²) in [7, 11) is 0. The van der Waals surface area contributed by atoms with Crippen molar-refractivity contribution in [2.45, 2.75) is 13.0 Å². The van der Waals surface area contributed by atoms with Gasteiger partial charge in [-0.05, 0) is 18.2 Å². The maximum atomic E-state index is 13.4. The van der Waals surface area contributed by atoms with Crippen molar-refractivity contribution >= 4 is 5.91 Å². The zero-order chi connectivity index (χ0) is 14.5. The number of amides is 1. The summed E-state index contributed by atoms with van der Waals surface area (Å²) in [5, 5.41) is 12.0. The van der Waals surface area contributed by atoms with E-state index >= 15 is 0 Å². The van der Waals surface area contributed by atoms with E-state index in [-0.39, 0.29) is 24.3 Å². The molecule has 0 bridgehead atoms. The van der Waals surface area contributed by atoms with E-state index in [1.165, 1.54) is 12.1 Å². The second-order valence-corrected chi connectivity index (χ2v) is 4.28. The lowest BCUT2D eigenvalue weighted by atomic mass is 10.1. The van der Waals surface area contributed by atoms with Crippen molar-refractivity contribution in [3.05, 3.63) is 65.2 Å². The Hall–Kier alpha value is -2.43. The SMILES string of the molecule is O=C(Cc1c(F)cccc1F)NCc1ccccc1O. The highest BCUT2D eigenvalue weighted by Crippen LogP contribution is 2.15. The Labute approximate surface area is 114 Å². The molecule has 0 aliphatic carbocycles. The third kappa shape index (κ3) is 3.32. The van der Waals surface area contributed by atoms with Crippen LogP contribution >= 0.6 is 0 Å². The molecule has 2 aromatic rings. The molecule has 0 aliphatic rings. The molecule has 0 fully saturated rings. The molecule has 3 nitrogen and oxygen atoms in total. The van der Waals surface area contributed by atoms with E-state index in [0.717, 1.165) is 12.1 Å². The molecule has 2 aromatic carbocycles. The quantitative estimate of drug-likeness (QED) is 0.902. The Bertz CT molecular complexity index is 609. The van der Waals surface area contributed by atoms with Crippen LogP contribution in [0.15, 0.2) is 42.5 Å². The zero-order valence-electron chi connectivity index (χ0n) is 10.6. The highest BCUT2D eigenvalue weighted by Gasteiger charge is 2.13. The minimum atomic E-state index is -0.747. The summed E-state index contributed by atoms with van der Waals surface area (Å²) in [6.07, 6.45) is -0.383. The topological polar surface area (TPSA) is 49.3 Å². The van der Waals surface area contributed by atoms with Crippen LogP contribution in [0.3, 0.4) is 0 Å². The van der Waals surface area contributed by atoms with Crippen LogP contribution in [0, 0.1) is 11.6 Å². The Balaban J connectivity index is 1.98. The zero-order valence-corrected chi connectivity index (χ0v) is 10.6. The van der Waals surface area contributed by atoms with Gasteiger partial charge in [0, 0.05) is 17.7 Å². The van der Waals surface area contributed by atoms with Crippen molar-refractivity contribution in [1.29, 1.82) is 0 Å². The highest BCUT2D eigenvalue weighted by atomic mass is 19.1. The van der Waals surface area contributed by atoms with Crippen LogP contribution in [0.1, 0.15) is 11.1 Å². The van der Waals surface area contributed by atoms with Gasteiger partial charge in [0.15, 0.2) is 0 Å². The number of rotatable bonds is 4. The van der Waals surface area contributed by atoms with E-state index in [1.807, 2.05) is 0 Å². The van der Waals surface area contributed by atoms with Crippen LogP contribution in [0.25, 0.3) is 0 Å². The molecule has 1 amide bonds. The number of phenols is 1. The van der Waals surface area contributed by atoms with Crippen LogP contribution in [0.2, 0.25) is 0 Å². The van der Waals surface area contributed by atoms with Crippen molar-refractivity contribution < 1.29 is 18.7 Å². The molecule has 0 aliphatic heterocycles. The van der Waals surface area contributed by atoms with Gasteiger partial charge < -0.3 is 10.4 Å². The van der Waals surface area contributed by atoms with Crippen molar-refractivity contribution in [1.82, 2.24) is 5.32 Å². The summed E-state index contributed by atoms with van der Waals surface area (Å²) in [6.45, 7) is 0.0988. The number of halogens is 2. The maximum Gasteiger partial charge on any atom is 0.224 e. The minimum Gasteiger partial charge on any atom is -0.508 e. The summed E-state index contributed by atoms with van der Waals surface area (Å²) < 4.78 is 26.8. The standard InChI is InChI=1S/C15H13F2NO2/c16-12-5-3-6-13(17)11(12)8-15(20)18-9-10-4-1-2-7-14(10)19/h1-7,19H,8-9H2,(H,18,20). The molecule has 0 atom stereocenters. The molecule has 0 saturated heterocycles. The third-order valence-corrected chi connectivity index (χ3v) is 2.87. The fraction of sp³-hybridized carbons (Fsp3) is 0.133. The number of aromatic hydroxyl groups is 1. The van der Waals surface area contributed by atoms with Gasteiger partial charge in [-0.15, -0.1) is 0 Å². The normalized spacial score (nSPS) is 10.3. The predicted molar refractivity (Wildman–Crippen MR) is 70.0 cm³/mol. The molecule has 0 aromatic heterocycles. The molecule has 2 rings (SSSR count). The lowest BCUT2D eigenvalue weighted by Gasteiger charge is -2.08. The Morgan fingerprint density at radius 3 is 2.35 bits per heavy atom. The lowest BCUT2D eigenvalue weighted by Crippen LogP contribution is -2.25. The molecule has 0 saturated carbocycles. The largest absolute Gasteiger partial charge is 0.508 e. The maximum absolute atomic E-state index is 13.4. The fourth-order valence-corrected chi connectivity index (χ4v) is 1.78. The van der Waals surface area contributed by atoms with Gasteiger partial charge in [-0.3, -0.25) is 4.79 Å². The lowest BCUT2D eigenvalue weighted by molar-refractivity contribution is -0.120. The number of carbonyl (C=O) groups is 1. The molecule has 0 unspecified atom stereocenters. The number of para-hydroxylation sites is 1. The number of benzene rings is 2. The van der Waals surface area contributed by atoms with E-state index < -0.39 is 17.5 Å². The summed E-state index contributed by atoms with van der Waals surface area (Å²) in [5.74, 6) is -1.95. The van der Waals surface area contributed by atoms with Gasteiger partial charge in [0.1, 0.15) is 17.4 Å². The Morgan fingerprint density at radius 1 is 1.05 bits per heavy atom. The van der Waals surface area contributed by atoms with Crippen LogP contribution in [-0.2, 0) is 17.8 Å². The minimum absolute atomic E-state index is 0.0601. The van der Waals surface area contributed by atoms with E-state index in [1.54, 1.807) is 18.2 Å². The summed E-state index contributed by atoms with van der Waals surface area (Å²) in [4.78, 5) is 11.7. The van der Waals surface area contributed by atoms with Crippen LogP contribution in [0.5, 0.6) is 5.75 Å². The van der Waals surface area contributed by atoms with Crippen molar-refractivity contribution in [2.75, 3.05) is 0 Å². The average molecular weight is 277 g/mol. The van der Waals surface area contributed by atoms with Crippen molar-refractivity contribution in [2.24, 2.45) is 0 Å². The fourth-order valence-electron chi connectivity index (χ4n) is 1.78. The van der Waals surface area contributed by atoms with E-state index in [4.69, 9.17) is 0 Å². The molecule has 0 heterocycles. The molecule has 104 valence electrons. The van der Waals surface area contributed by atoms with Gasteiger partial charge in [-0.2, -0.15) is 0 Å². The summed E-state index contributed by atoms with van der Waals surface area (Å²) in [6, 6.07) is 9.99. The smallest absolute Gasteiger partial charge is 0.224 e. The first-order chi connectivity index (χ1) is 9.58. The Kier molecular flexibility index (Phi) is 4.30. The number of hydrogen-bond donors (Lipinski definition) is 2. The summed E-state index contributed by atoms with van der Waals surface area (Å²) in [5.41, 5.74) is 0.275. The second kappa shape index (κ2) is 6.14. The molecule has 5 heteroatoms. The number of carbonyl (C=O) groups excluding carboxylic acids is 1. The number of phenolic OH excluding ortho intramolecular Hbond substituents is 1. The van der Waals surface area contributed by atoms with Gasteiger partial charge in [0.2, 0.25) is 5.91 Å². The van der Waals surface area contributed by atoms with E-state index in [2.05, 4.69) is 5.32 Å². The van der Waals surface area contributed by atoms with Crippen LogP contribution in [0.4, 0.5) is 8.78 Å². The molecule has 0 radical (unpaired) electrons. The predicted octanol–water partition coefficient (Wildman–Crippen LogP) is 2.53. The van der Waals surface area contributed by atoms with Crippen molar-refractivity contribution in [3.63, 3.8) is 0 Å². The first kappa shape index (κ1) is 14.0. The molecular formula is C15H13F2NO2. The van der Waals surface area contributed by atoms with Crippen LogP contribution in [-0.4, -0.2) is 11.0 Å².